The Kier molecular flexibility index (Phi) is 4.78. The zero-order chi connectivity index (χ0) is 16.2. The topological polar surface area (TPSA) is 89.1 Å². The van der Waals surface area contributed by atoms with Crippen LogP contribution in [0, 0.1) is 0 Å². The number of rotatable bonds is 5. The molecule has 3 rings (SSSR count). The number of benzene rings is 1. The zero-order valence-electron chi connectivity index (χ0n) is 12.6. The van der Waals surface area contributed by atoms with Gasteiger partial charge in [-0.15, -0.1) is 0 Å². The molecule has 7 nitrogen and oxygen atoms in total. The number of hydrogen-bond acceptors (Lipinski definition) is 5. The van der Waals surface area contributed by atoms with E-state index in [0.717, 1.165) is 12.0 Å². The normalized spacial score (nSPS) is 20.4. The third kappa shape index (κ3) is 3.46. The van der Waals surface area contributed by atoms with Crippen LogP contribution >= 0.6 is 11.6 Å². The predicted octanol–water partition coefficient (Wildman–Crippen LogP) is 1.66. The van der Waals surface area contributed by atoms with Gasteiger partial charge in [0.15, 0.2) is 5.82 Å². The third-order valence-electron chi connectivity index (χ3n) is 3.76. The molecule has 8 heteroatoms. The maximum Gasteiger partial charge on any atom is 0.224 e. The van der Waals surface area contributed by atoms with E-state index in [9.17, 15) is 4.79 Å². The molecule has 2 heterocycles. The molecule has 1 fully saturated rings. The van der Waals surface area contributed by atoms with Crippen molar-refractivity contribution in [2.45, 2.75) is 25.0 Å². The van der Waals surface area contributed by atoms with E-state index in [0.29, 0.717) is 23.2 Å². The van der Waals surface area contributed by atoms with Crippen LogP contribution in [0.5, 0.6) is 5.75 Å². The van der Waals surface area contributed by atoms with Gasteiger partial charge in [-0.2, -0.15) is 5.10 Å². The molecule has 0 unspecified atom stereocenters. The summed E-state index contributed by atoms with van der Waals surface area (Å²) in [6.45, 7) is 0.566. The fourth-order valence-corrected chi connectivity index (χ4v) is 2.91. The summed E-state index contributed by atoms with van der Waals surface area (Å²) < 4.78 is 10.8. The van der Waals surface area contributed by atoms with E-state index >= 15 is 0 Å². The van der Waals surface area contributed by atoms with Crippen molar-refractivity contribution in [1.29, 1.82) is 0 Å². The molecule has 1 amide bonds. The highest BCUT2D eigenvalue weighted by Crippen LogP contribution is 2.29. The van der Waals surface area contributed by atoms with Gasteiger partial charge in [0.05, 0.1) is 24.6 Å². The van der Waals surface area contributed by atoms with Crippen molar-refractivity contribution in [3.63, 3.8) is 0 Å². The molecule has 1 aromatic heterocycles. The number of carbonyl (C=O) groups is 1. The number of nitrogens with one attached hydrogen (secondary N) is 2. The lowest BCUT2D eigenvalue weighted by atomic mass is 10.1. The van der Waals surface area contributed by atoms with Gasteiger partial charge in [0.2, 0.25) is 5.91 Å². The van der Waals surface area contributed by atoms with Crippen LogP contribution in [0.1, 0.15) is 23.9 Å². The van der Waals surface area contributed by atoms with Crippen molar-refractivity contribution >= 4 is 17.5 Å². The van der Waals surface area contributed by atoms with Gasteiger partial charge in [-0.25, -0.2) is 4.98 Å². The third-order valence-corrected chi connectivity index (χ3v) is 4.18. The molecule has 0 bridgehead atoms. The quantitative estimate of drug-likeness (QED) is 0.866. The van der Waals surface area contributed by atoms with E-state index < -0.39 is 0 Å². The molecule has 2 aromatic rings. The van der Waals surface area contributed by atoms with Crippen molar-refractivity contribution in [3.8, 4) is 5.75 Å². The van der Waals surface area contributed by atoms with Crippen molar-refractivity contribution in [2.75, 3.05) is 13.7 Å². The first-order valence-electron chi connectivity index (χ1n) is 7.26. The van der Waals surface area contributed by atoms with Crippen LogP contribution < -0.4 is 10.1 Å². The van der Waals surface area contributed by atoms with Crippen molar-refractivity contribution < 1.29 is 14.3 Å². The molecule has 23 heavy (non-hydrogen) atoms. The SMILES string of the molecule is COc1cccc(CC(=O)N[C@H]2CCO[C@H]2c2ncn[nH]2)c1Cl. The first-order chi connectivity index (χ1) is 11.2. The summed E-state index contributed by atoms with van der Waals surface area (Å²) in [5, 5.41) is 10.0. The molecule has 0 saturated carbocycles. The number of methoxy groups -OCH3 is 1. The highest BCUT2D eigenvalue weighted by molar-refractivity contribution is 6.33. The second kappa shape index (κ2) is 6.97. The number of halogens is 1. The second-order valence-corrected chi connectivity index (χ2v) is 5.61. The van der Waals surface area contributed by atoms with Crippen molar-refractivity contribution in [2.24, 2.45) is 0 Å². The number of aromatic amines is 1. The number of nitrogens with zero attached hydrogens (tertiary/aromatic N) is 2. The summed E-state index contributed by atoms with van der Waals surface area (Å²) in [5.41, 5.74) is 0.721. The largest absolute Gasteiger partial charge is 0.495 e. The number of ether oxygens (including phenoxy) is 2. The Hall–Kier alpha value is -2.12. The first kappa shape index (κ1) is 15.8. The summed E-state index contributed by atoms with van der Waals surface area (Å²) in [6.07, 6.45) is 2.02. The van der Waals surface area contributed by atoms with Gasteiger partial charge in [0, 0.05) is 6.61 Å². The summed E-state index contributed by atoms with van der Waals surface area (Å²) in [5.74, 6) is 1.05. The van der Waals surface area contributed by atoms with E-state index in [4.69, 9.17) is 21.1 Å². The Labute approximate surface area is 138 Å². The van der Waals surface area contributed by atoms with E-state index in [1.807, 2.05) is 12.1 Å². The van der Waals surface area contributed by atoms with Crippen molar-refractivity contribution in [1.82, 2.24) is 20.5 Å². The zero-order valence-corrected chi connectivity index (χ0v) is 13.3. The number of hydrogen-bond donors (Lipinski definition) is 2. The summed E-state index contributed by atoms with van der Waals surface area (Å²) in [4.78, 5) is 16.4. The Morgan fingerprint density at radius 2 is 2.43 bits per heavy atom. The lowest BCUT2D eigenvalue weighted by Gasteiger charge is -2.18. The summed E-state index contributed by atoms with van der Waals surface area (Å²) in [6, 6.07) is 5.24. The van der Waals surface area contributed by atoms with Gasteiger partial charge in [-0.3, -0.25) is 9.89 Å². The molecular formula is C15H17ClN4O3. The molecular weight excluding hydrogens is 320 g/mol. The Bertz CT molecular complexity index is 677. The first-order valence-corrected chi connectivity index (χ1v) is 7.64. The molecule has 2 N–H and O–H groups in total. The van der Waals surface area contributed by atoms with E-state index in [2.05, 4.69) is 20.5 Å². The van der Waals surface area contributed by atoms with E-state index in [1.54, 1.807) is 13.2 Å². The smallest absolute Gasteiger partial charge is 0.224 e. The number of amides is 1. The van der Waals surface area contributed by atoms with Crippen LogP contribution in [0.3, 0.4) is 0 Å². The summed E-state index contributed by atoms with van der Waals surface area (Å²) in [7, 11) is 1.54. The minimum Gasteiger partial charge on any atom is -0.495 e. The van der Waals surface area contributed by atoms with Gasteiger partial charge in [0.1, 0.15) is 18.2 Å². The predicted molar refractivity (Wildman–Crippen MR) is 83.3 cm³/mol. The van der Waals surface area contributed by atoms with Crippen molar-refractivity contribution in [3.05, 3.63) is 40.9 Å². The van der Waals surface area contributed by atoms with Crippen LogP contribution in [-0.2, 0) is 16.0 Å². The molecule has 1 aliphatic rings. The fourth-order valence-electron chi connectivity index (χ4n) is 2.64. The van der Waals surface area contributed by atoms with Crippen LogP contribution in [0.2, 0.25) is 5.02 Å². The van der Waals surface area contributed by atoms with Crippen LogP contribution in [0.4, 0.5) is 0 Å². The fraction of sp³-hybridized carbons (Fsp3) is 0.400. The van der Waals surface area contributed by atoms with E-state index in [-0.39, 0.29) is 24.5 Å². The van der Waals surface area contributed by atoms with Crippen LogP contribution in [-0.4, -0.2) is 40.8 Å². The van der Waals surface area contributed by atoms with Gasteiger partial charge in [0.25, 0.3) is 0 Å². The van der Waals surface area contributed by atoms with Crippen LogP contribution in [0.15, 0.2) is 24.5 Å². The molecule has 1 aliphatic heterocycles. The van der Waals surface area contributed by atoms with Crippen LogP contribution in [0.25, 0.3) is 0 Å². The molecule has 122 valence electrons. The van der Waals surface area contributed by atoms with E-state index in [1.165, 1.54) is 6.33 Å². The molecule has 0 radical (unpaired) electrons. The van der Waals surface area contributed by atoms with Gasteiger partial charge < -0.3 is 14.8 Å². The van der Waals surface area contributed by atoms with Gasteiger partial charge >= 0.3 is 0 Å². The number of aromatic nitrogens is 3. The minimum atomic E-state index is -0.303. The average molecular weight is 337 g/mol. The second-order valence-electron chi connectivity index (χ2n) is 5.23. The summed E-state index contributed by atoms with van der Waals surface area (Å²) >= 11 is 6.23. The highest BCUT2D eigenvalue weighted by Gasteiger charge is 2.33. The minimum absolute atomic E-state index is 0.125. The number of H-pyrrole nitrogens is 1. The highest BCUT2D eigenvalue weighted by atomic mass is 35.5. The maximum absolute atomic E-state index is 12.3. The Balaban J connectivity index is 1.65. The monoisotopic (exact) mass is 336 g/mol. The molecule has 0 aliphatic carbocycles. The molecule has 1 saturated heterocycles. The Morgan fingerprint density at radius 3 is 3.17 bits per heavy atom. The maximum atomic E-state index is 12.3. The number of carbonyl (C=O) groups excluding carboxylic acids is 1. The lowest BCUT2D eigenvalue weighted by Crippen LogP contribution is -2.38. The van der Waals surface area contributed by atoms with Gasteiger partial charge in [-0.05, 0) is 18.1 Å². The standard InChI is InChI=1S/C15H17ClN4O3/c1-22-11-4-2-3-9(13(11)16)7-12(21)19-10-5-6-23-14(10)15-17-8-18-20-15/h2-4,8,10,14H,5-7H2,1H3,(H,19,21)(H,17,18,20)/t10-,14+/m0/s1. The molecule has 0 spiro atoms. The molecule has 1 aromatic carbocycles. The Morgan fingerprint density at radius 1 is 1.57 bits per heavy atom. The molecule has 2 atom stereocenters. The van der Waals surface area contributed by atoms with Gasteiger partial charge in [-0.1, -0.05) is 23.7 Å². The average Bonchev–Trinajstić information content (AvgIpc) is 3.20. The lowest BCUT2D eigenvalue weighted by molar-refractivity contribution is -0.121.